The molecule has 3 rings (SSSR count). The van der Waals surface area contributed by atoms with Gasteiger partial charge in [-0.05, 0) is 26.0 Å². The van der Waals surface area contributed by atoms with Crippen LogP contribution in [-0.4, -0.2) is 24.5 Å². The van der Waals surface area contributed by atoms with Crippen LogP contribution in [0.2, 0.25) is 0 Å². The minimum absolute atomic E-state index is 0.125. The van der Waals surface area contributed by atoms with E-state index in [1.807, 2.05) is 24.5 Å². The SMILES string of the molecule is CC(C)n1cnc2c(-c3cccnc3CN)nc(F)nc21. The molecule has 7 heteroatoms. The summed E-state index contributed by atoms with van der Waals surface area (Å²) in [4.78, 5) is 16.3. The highest BCUT2D eigenvalue weighted by Gasteiger charge is 2.18. The number of halogens is 1. The van der Waals surface area contributed by atoms with E-state index in [2.05, 4.69) is 19.9 Å². The maximum atomic E-state index is 13.8. The molecule has 0 unspecified atom stereocenters. The third-order valence-corrected chi connectivity index (χ3v) is 3.29. The molecule has 3 aromatic rings. The summed E-state index contributed by atoms with van der Waals surface area (Å²) in [5.41, 5.74) is 8.47. The summed E-state index contributed by atoms with van der Waals surface area (Å²) < 4.78 is 15.6. The monoisotopic (exact) mass is 286 g/mol. The van der Waals surface area contributed by atoms with Crippen LogP contribution in [0.4, 0.5) is 4.39 Å². The number of aromatic nitrogens is 5. The lowest BCUT2D eigenvalue weighted by Crippen LogP contribution is -2.05. The quantitative estimate of drug-likeness (QED) is 0.745. The molecule has 0 fully saturated rings. The fourth-order valence-corrected chi connectivity index (χ4v) is 2.27. The second kappa shape index (κ2) is 5.17. The molecule has 0 atom stereocenters. The van der Waals surface area contributed by atoms with Crippen LogP contribution in [0, 0.1) is 6.08 Å². The molecule has 108 valence electrons. The third-order valence-electron chi connectivity index (χ3n) is 3.29. The van der Waals surface area contributed by atoms with Crippen LogP contribution >= 0.6 is 0 Å². The van der Waals surface area contributed by atoms with Gasteiger partial charge in [0.05, 0.1) is 12.0 Å². The normalized spacial score (nSPS) is 11.5. The molecule has 0 aromatic carbocycles. The zero-order valence-corrected chi connectivity index (χ0v) is 11.8. The smallest absolute Gasteiger partial charge is 0.311 e. The first-order chi connectivity index (χ1) is 10.1. The van der Waals surface area contributed by atoms with Gasteiger partial charge in [0.25, 0.3) is 0 Å². The Kier molecular flexibility index (Phi) is 3.34. The van der Waals surface area contributed by atoms with Crippen LogP contribution in [0.25, 0.3) is 22.4 Å². The van der Waals surface area contributed by atoms with Crippen LogP contribution in [-0.2, 0) is 6.54 Å². The van der Waals surface area contributed by atoms with Crippen molar-refractivity contribution in [3.05, 3.63) is 36.4 Å². The van der Waals surface area contributed by atoms with E-state index in [0.717, 1.165) is 0 Å². The second-order valence-corrected chi connectivity index (χ2v) is 4.96. The lowest BCUT2D eigenvalue weighted by molar-refractivity contribution is 0.537. The van der Waals surface area contributed by atoms with Crippen molar-refractivity contribution in [3.8, 4) is 11.3 Å². The van der Waals surface area contributed by atoms with Crippen LogP contribution in [0.3, 0.4) is 0 Å². The Hall–Kier alpha value is -2.41. The van der Waals surface area contributed by atoms with Crippen LogP contribution in [0.5, 0.6) is 0 Å². The van der Waals surface area contributed by atoms with Gasteiger partial charge in [-0.15, -0.1) is 0 Å². The summed E-state index contributed by atoms with van der Waals surface area (Å²) in [6, 6.07) is 3.70. The van der Waals surface area contributed by atoms with Gasteiger partial charge in [0, 0.05) is 24.3 Å². The first-order valence-corrected chi connectivity index (χ1v) is 6.66. The largest absolute Gasteiger partial charge is 0.325 e. The molecule has 3 aromatic heterocycles. The Morgan fingerprint density at radius 3 is 2.81 bits per heavy atom. The van der Waals surface area contributed by atoms with Crippen LogP contribution in [0.1, 0.15) is 25.6 Å². The number of nitrogens with two attached hydrogens (primary N) is 1. The number of nitrogens with zero attached hydrogens (tertiary/aromatic N) is 5. The highest BCUT2D eigenvalue weighted by Crippen LogP contribution is 2.27. The van der Waals surface area contributed by atoms with Crippen LogP contribution in [0.15, 0.2) is 24.7 Å². The van der Waals surface area contributed by atoms with Crippen molar-refractivity contribution in [1.82, 2.24) is 24.5 Å². The molecule has 21 heavy (non-hydrogen) atoms. The zero-order chi connectivity index (χ0) is 15.0. The van der Waals surface area contributed by atoms with Crippen molar-refractivity contribution in [2.24, 2.45) is 5.73 Å². The molecule has 0 saturated heterocycles. The van der Waals surface area contributed by atoms with E-state index in [9.17, 15) is 4.39 Å². The number of rotatable bonds is 3. The maximum Gasteiger partial charge on any atom is 0.311 e. The number of imidazole rings is 1. The van der Waals surface area contributed by atoms with E-state index in [4.69, 9.17) is 5.73 Å². The van der Waals surface area contributed by atoms with Crippen molar-refractivity contribution in [3.63, 3.8) is 0 Å². The molecule has 0 aliphatic rings. The number of hydrogen-bond donors (Lipinski definition) is 1. The summed E-state index contributed by atoms with van der Waals surface area (Å²) in [6.07, 6.45) is 2.50. The van der Waals surface area contributed by atoms with Gasteiger partial charge in [0.1, 0.15) is 11.2 Å². The van der Waals surface area contributed by atoms with E-state index < -0.39 is 6.08 Å². The molecule has 0 saturated carbocycles. The van der Waals surface area contributed by atoms with Gasteiger partial charge in [0.2, 0.25) is 0 Å². The highest BCUT2D eigenvalue weighted by atomic mass is 19.1. The Morgan fingerprint density at radius 1 is 1.29 bits per heavy atom. The minimum Gasteiger partial charge on any atom is -0.325 e. The maximum absolute atomic E-state index is 13.8. The van der Waals surface area contributed by atoms with Gasteiger partial charge in [0.15, 0.2) is 5.65 Å². The van der Waals surface area contributed by atoms with Gasteiger partial charge < -0.3 is 10.3 Å². The number of fused-ring (bicyclic) bond motifs is 1. The standard InChI is InChI=1S/C14H15FN6/c1-8(2)21-7-18-12-11(19-14(15)20-13(12)21)9-4-3-5-17-10(9)6-16/h3-5,7-8H,6,16H2,1-2H3. The molecule has 0 amide bonds. The van der Waals surface area contributed by atoms with E-state index >= 15 is 0 Å². The minimum atomic E-state index is -0.785. The molecule has 2 N–H and O–H groups in total. The zero-order valence-electron chi connectivity index (χ0n) is 11.8. The average molecular weight is 286 g/mol. The molecule has 0 spiro atoms. The summed E-state index contributed by atoms with van der Waals surface area (Å²) >= 11 is 0. The number of pyridine rings is 1. The molecular formula is C14H15FN6. The molecule has 0 bridgehead atoms. The van der Waals surface area contributed by atoms with E-state index in [1.54, 1.807) is 18.6 Å². The van der Waals surface area contributed by atoms with Crippen molar-refractivity contribution in [1.29, 1.82) is 0 Å². The molecular weight excluding hydrogens is 271 g/mol. The predicted octanol–water partition coefficient (Wildman–Crippen LogP) is 2.07. The summed E-state index contributed by atoms with van der Waals surface area (Å²) in [6.45, 7) is 4.21. The van der Waals surface area contributed by atoms with E-state index in [0.29, 0.717) is 28.1 Å². The predicted molar refractivity (Wildman–Crippen MR) is 76.8 cm³/mol. The second-order valence-electron chi connectivity index (χ2n) is 4.96. The summed E-state index contributed by atoms with van der Waals surface area (Å²) in [7, 11) is 0. The van der Waals surface area contributed by atoms with Crippen molar-refractivity contribution in [2.45, 2.75) is 26.4 Å². The lowest BCUT2D eigenvalue weighted by Gasteiger charge is -2.09. The highest BCUT2D eigenvalue weighted by molar-refractivity contribution is 5.87. The van der Waals surface area contributed by atoms with Gasteiger partial charge in [-0.1, -0.05) is 0 Å². The fourth-order valence-electron chi connectivity index (χ4n) is 2.27. The van der Waals surface area contributed by atoms with Crippen LogP contribution < -0.4 is 5.73 Å². The van der Waals surface area contributed by atoms with Gasteiger partial charge in [-0.25, -0.2) is 4.98 Å². The van der Waals surface area contributed by atoms with E-state index in [-0.39, 0.29) is 12.6 Å². The van der Waals surface area contributed by atoms with E-state index in [1.165, 1.54) is 0 Å². The Labute approximate surface area is 120 Å². The Bertz CT molecular complexity index is 795. The molecule has 3 heterocycles. The van der Waals surface area contributed by atoms with Gasteiger partial charge >= 0.3 is 6.08 Å². The first-order valence-electron chi connectivity index (χ1n) is 6.66. The Balaban J connectivity index is 2.33. The Morgan fingerprint density at radius 2 is 2.10 bits per heavy atom. The topological polar surface area (TPSA) is 82.5 Å². The first kappa shape index (κ1) is 13.6. The number of hydrogen-bond acceptors (Lipinski definition) is 5. The molecule has 6 nitrogen and oxygen atoms in total. The summed E-state index contributed by atoms with van der Waals surface area (Å²) in [5.74, 6) is 0. The molecule has 0 aliphatic heterocycles. The third kappa shape index (κ3) is 2.25. The average Bonchev–Trinajstić information content (AvgIpc) is 2.90. The van der Waals surface area contributed by atoms with Crippen molar-refractivity contribution < 1.29 is 4.39 Å². The molecule has 0 aliphatic carbocycles. The van der Waals surface area contributed by atoms with Crippen molar-refractivity contribution in [2.75, 3.05) is 0 Å². The fraction of sp³-hybridized carbons (Fsp3) is 0.286. The van der Waals surface area contributed by atoms with Crippen molar-refractivity contribution >= 4 is 11.2 Å². The van der Waals surface area contributed by atoms with Gasteiger partial charge in [-0.2, -0.15) is 14.4 Å². The lowest BCUT2D eigenvalue weighted by atomic mass is 10.1. The summed E-state index contributed by atoms with van der Waals surface area (Å²) in [5, 5.41) is 0. The molecule has 0 radical (unpaired) electrons. The van der Waals surface area contributed by atoms with Gasteiger partial charge in [-0.3, -0.25) is 4.98 Å².